The van der Waals surface area contributed by atoms with Gasteiger partial charge in [0.15, 0.2) is 0 Å². The van der Waals surface area contributed by atoms with Gasteiger partial charge in [-0.1, -0.05) is 97.1 Å². The SMILES string of the molecule is C1=CC(c2ccccc2Nc2ccc(-c3ccc(-n4c5ccccc5c5ccccc54)cc3)cc2)=CCC1. The van der Waals surface area contributed by atoms with Crippen LogP contribution in [0.1, 0.15) is 18.4 Å². The lowest BCUT2D eigenvalue weighted by Gasteiger charge is -2.15. The molecule has 0 bridgehead atoms. The third-order valence-electron chi connectivity index (χ3n) is 7.44. The number of benzene rings is 5. The van der Waals surface area contributed by atoms with E-state index in [-0.39, 0.29) is 0 Å². The fraction of sp³-hybridized carbons (Fsp3) is 0.0556. The van der Waals surface area contributed by atoms with Crippen LogP contribution in [0.25, 0.3) is 44.2 Å². The summed E-state index contributed by atoms with van der Waals surface area (Å²) in [5.74, 6) is 0. The van der Waals surface area contributed by atoms with E-state index in [2.05, 4.69) is 149 Å². The summed E-state index contributed by atoms with van der Waals surface area (Å²) in [6, 6.07) is 43.4. The molecule has 38 heavy (non-hydrogen) atoms. The van der Waals surface area contributed by atoms with Gasteiger partial charge in [-0.25, -0.2) is 0 Å². The first kappa shape index (κ1) is 22.4. The third kappa shape index (κ3) is 4.01. The number of fused-ring (bicyclic) bond motifs is 3. The minimum atomic E-state index is 1.09. The highest BCUT2D eigenvalue weighted by atomic mass is 15.0. The smallest absolute Gasteiger partial charge is 0.0541 e. The zero-order valence-electron chi connectivity index (χ0n) is 21.1. The van der Waals surface area contributed by atoms with Gasteiger partial charge >= 0.3 is 0 Å². The van der Waals surface area contributed by atoms with Gasteiger partial charge in [0, 0.05) is 33.4 Å². The van der Waals surface area contributed by atoms with Gasteiger partial charge in [0.05, 0.1) is 11.0 Å². The zero-order valence-corrected chi connectivity index (χ0v) is 21.1. The molecule has 5 aromatic carbocycles. The van der Waals surface area contributed by atoms with Gasteiger partial charge < -0.3 is 9.88 Å². The van der Waals surface area contributed by atoms with Crippen molar-refractivity contribution in [3.8, 4) is 16.8 Å². The first-order valence-electron chi connectivity index (χ1n) is 13.3. The van der Waals surface area contributed by atoms with Crippen LogP contribution in [0.15, 0.2) is 140 Å². The molecule has 0 radical (unpaired) electrons. The van der Waals surface area contributed by atoms with Gasteiger partial charge in [0.1, 0.15) is 0 Å². The van der Waals surface area contributed by atoms with E-state index in [1.165, 1.54) is 49.8 Å². The largest absolute Gasteiger partial charge is 0.355 e. The maximum atomic E-state index is 3.63. The Kier molecular flexibility index (Phi) is 5.64. The molecule has 6 aromatic rings. The summed E-state index contributed by atoms with van der Waals surface area (Å²) in [6.07, 6.45) is 9.04. The quantitative estimate of drug-likeness (QED) is 0.255. The van der Waals surface area contributed by atoms with Crippen molar-refractivity contribution < 1.29 is 0 Å². The van der Waals surface area contributed by atoms with Gasteiger partial charge in [0.25, 0.3) is 0 Å². The van der Waals surface area contributed by atoms with Crippen LogP contribution in [0, 0.1) is 0 Å². The van der Waals surface area contributed by atoms with Crippen LogP contribution >= 0.6 is 0 Å². The van der Waals surface area contributed by atoms with Crippen molar-refractivity contribution in [3.05, 3.63) is 145 Å². The molecule has 0 spiro atoms. The molecule has 0 unspecified atom stereocenters. The van der Waals surface area contributed by atoms with Crippen molar-refractivity contribution in [1.82, 2.24) is 4.57 Å². The number of nitrogens with one attached hydrogen (secondary N) is 1. The molecule has 1 aromatic heterocycles. The van der Waals surface area contributed by atoms with Crippen molar-refractivity contribution >= 4 is 38.8 Å². The second-order valence-electron chi connectivity index (χ2n) is 9.80. The number of hydrogen-bond acceptors (Lipinski definition) is 1. The number of rotatable bonds is 5. The Morgan fingerprint density at radius 2 is 1.16 bits per heavy atom. The van der Waals surface area contributed by atoms with E-state index < -0.39 is 0 Å². The van der Waals surface area contributed by atoms with Crippen LogP contribution in [0.2, 0.25) is 0 Å². The molecule has 2 nitrogen and oxygen atoms in total. The minimum absolute atomic E-state index is 1.09. The molecular weight excluding hydrogens is 460 g/mol. The summed E-state index contributed by atoms with van der Waals surface area (Å²) in [7, 11) is 0. The molecule has 1 heterocycles. The topological polar surface area (TPSA) is 17.0 Å². The lowest BCUT2D eigenvalue weighted by molar-refractivity contribution is 1.04. The molecule has 0 saturated carbocycles. The highest BCUT2D eigenvalue weighted by Gasteiger charge is 2.12. The normalized spacial score (nSPS) is 13.1. The van der Waals surface area contributed by atoms with Gasteiger partial charge in [0.2, 0.25) is 0 Å². The lowest BCUT2D eigenvalue weighted by atomic mass is 9.98. The number of anilines is 2. The molecule has 7 rings (SSSR count). The summed E-state index contributed by atoms with van der Waals surface area (Å²) < 4.78 is 2.36. The van der Waals surface area contributed by atoms with Gasteiger partial charge in [-0.15, -0.1) is 0 Å². The molecule has 0 saturated heterocycles. The Balaban J connectivity index is 1.17. The standard InChI is InChI=1S/C36H28N2/c1-2-10-28(11-3-1)31-12-4-7-15-34(31)37-29-22-18-26(19-23-29)27-20-24-30(25-21-27)38-35-16-8-5-13-32(35)33-14-6-9-17-36(33)38/h2,4-25,37H,1,3H2. The predicted molar refractivity (Wildman–Crippen MR) is 162 cm³/mol. The predicted octanol–water partition coefficient (Wildman–Crippen LogP) is 9.93. The Bertz CT molecular complexity index is 1760. The molecule has 1 N–H and O–H groups in total. The molecule has 1 aliphatic rings. The van der Waals surface area contributed by atoms with E-state index in [0.29, 0.717) is 0 Å². The maximum absolute atomic E-state index is 3.63. The molecule has 182 valence electrons. The Labute approximate surface area is 223 Å². The van der Waals surface area contributed by atoms with Gasteiger partial charge in [-0.05, 0) is 72.0 Å². The van der Waals surface area contributed by atoms with E-state index in [1.54, 1.807) is 0 Å². The third-order valence-corrected chi connectivity index (χ3v) is 7.44. The monoisotopic (exact) mass is 488 g/mol. The van der Waals surface area contributed by atoms with E-state index in [4.69, 9.17) is 0 Å². The van der Waals surface area contributed by atoms with Crippen molar-refractivity contribution in [2.24, 2.45) is 0 Å². The van der Waals surface area contributed by atoms with E-state index >= 15 is 0 Å². The maximum Gasteiger partial charge on any atom is 0.0541 e. The molecule has 0 fully saturated rings. The second-order valence-corrected chi connectivity index (χ2v) is 9.80. The van der Waals surface area contributed by atoms with Crippen molar-refractivity contribution in [3.63, 3.8) is 0 Å². The summed E-state index contributed by atoms with van der Waals surface area (Å²) in [6.45, 7) is 0. The minimum Gasteiger partial charge on any atom is -0.355 e. The average molecular weight is 489 g/mol. The Morgan fingerprint density at radius 3 is 1.82 bits per heavy atom. The number of aromatic nitrogens is 1. The van der Waals surface area contributed by atoms with Gasteiger partial charge in [-0.3, -0.25) is 0 Å². The second kappa shape index (κ2) is 9.57. The first-order chi connectivity index (χ1) is 18.8. The van der Waals surface area contributed by atoms with E-state index in [0.717, 1.165) is 24.2 Å². The molecule has 0 aliphatic heterocycles. The van der Waals surface area contributed by atoms with Crippen LogP contribution in [0.3, 0.4) is 0 Å². The number of allylic oxidation sites excluding steroid dienone is 4. The molecular formula is C36H28N2. The zero-order chi connectivity index (χ0) is 25.3. The van der Waals surface area contributed by atoms with Crippen LogP contribution < -0.4 is 5.32 Å². The average Bonchev–Trinajstić information content (AvgIpc) is 3.33. The van der Waals surface area contributed by atoms with Crippen LogP contribution in [-0.4, -0.2) is 4.57 Å². The Hall–Kier alpha value is -4.82. The van der Waals surface area contributed by atoms with Crippen molar-refractivity contribution in [1.29, 1.82) is 0 Å². The summed E-state index contributed by atoms with van der Waals surface area (Å²) in [5.41, 5.74) is 10.8. The number of hydrogen-bond donors (Lipinski definition) is 1. The van der Waals surface area contributed by atoms with Crippen LogP contribution in [-0.2, 0) is 0 Å². The van der Waals surface area contributed by atoms with E-state index in [9.17, 15) is 0 Å². The van der Waals surface area contributed by atoms with Crippen LogP contribution in [0.5, 0.6) is 0 Å². The highest BCUT2D eigenvalue weighted by Crippen LogP contribution is 2.33. The summed E-state index contributed by atoms with van der Waals surface area (Å²) >= 11 is 0. The number of para-hydroxylation sites is 3. The molecule has 0 amide bonds. The van der Waals surface area contributed by atoms with E-state index in [1.807, 2.05) is 0 Å². The summed E-state index contributed by atoms with van der Waals surface area (Å²) in [4.78, 5) is 0. The van der Waals surface area contributed by atoms with Crippen molar-refractivity contribution in [2.75, 3.05) is 5.32 Å². The highest BCUT2D eigenvalue weighted by molar-refractivity contribution is 6.09. The number of nitrogens with zero attached hydrogens (tertiary/aromatic N) is 1. The lowest BCUT2D eigenvalue weighted by Crippen LogP contribution is -1.96. The fourth-order valence-electron chi connectivity index (χ4n) is 5.56. The van der Waals surface area contributed by atoms with Crippen molar-refractivity contribution in [2.45, 2.75) is 12.8 Å². The molecule has 0 atom stereocenters. The molecule has 1 aliphatic carbocycles. The van der Waals surface area contributed by atoms with Gasteiger partial charge in [-0.2, -0.15) is 0 Å². The Morgan fingerprint density at radius 1 is 0.553 bits per heavy atom. The fourth-order valence-corrected chi connectivity index (χ4v) is 5.56. The van der Waals surface area contributed by atoms with Crippen LogP contribution in [0.4, 0.5) is 11.4 Å². The first-order valence-corrected chi connectivity index (χ1v) is 13.3. The molecule has 2 heteroatoms. The summed E-state index contributed by atoms with van der Waals surface area (Å²) in [5, 5.41) is 6.20.